The Kier molecular flexibility index (Phi) is 3.05. The van der Waals surface area contributed by atoms with Crippen molar-refractivity contribution in [2.75, 3.05) is 5.32 Å². The molecule has 0 saturated heterocycles. The standard InChI is InChI=1S/C14H11ClN2OS/c1-17-10-7-8-19-13(10)11(15)12(17)14(18)16-9-5-3-2-4-6-9/h2-8H,1H3,(H,16,18). The number of benzene rings is 1. The lowest BCUT2D eigenvalue weighted by molar-refractivity contribution is 0.102. The SMILES string of the molecule is Cn1c(C(=O)Nc2ccccc2)c(Cl)c2sccc21. The third-order valence-electron chi connectivity index (χ3n) is 3.00. The second-order valence-corrected chi connectivity index (χ2v) is 5.47. The number of para-hydroxylation sites is 1. The first-order valence-electron chi connectivity index (χ1n) is 5.76. The molecule has 0 saturated carbocycles. The maximum atomic E-state index is 12.3. The number of carbonyl (C=O) groups excluding carboxylic acids is 1. The summed E-state index contributed by atoms with van der Waals surface area (Å²) < 4.78 is 2.77. The van der Waals surface area contributed by atoms with E-state index in [2.05, 4.69) is 5.32 Å². The van der Waals surface area contributed by atoms with Gasteiger partial charge in [-0.2, -0.15) is 0 Å². The predicted molar refractivity (Wildman–Crippen MR) is 80.2 cm³/mol. The van der Waals surface area contributed by atoms with Gasteiger partial charge in [-0.15, -0.1) is 11.3 Å². The number of amides is 1. The van der Waals surface area contributed by atoms with Gasteiger partial charge in [0, 0.05) is 12.7 Å². The van der Waals surface area contributed by atoms with Gasteiger partial charge in [-0.3, -0.25) is 4.79 Å². The molecule has 1 N–H and O–H groups in total. The molecule has 0 spiro atoms. The van der Waals surface area contributed by atoms with Crippen LogP contribution in [0.2, 0.25) is 5.02 Å². The Bertz CT molecular complexity index is 711. The number of anilines is 1. The first kappa shape index (κ1) is 12.3. The van der Waals surface area contributed by atoms with Gasteiger partial charge < -0.3 is 9.88 Å². The van der Waals surface area contributed by atoms with Crippen LogP contribution in [0.4, 0.5) is 5.69 Å². The number of fused-ring (bicyclic) bond motifs is 1. The van der Waals surface area contributed by atoms with Crippen LogP contribution in [0.5, 0.6) is 0 Å². The number of nitrogens with zero attached hydrogens (tertiary/aromatic N) is 1. The molecule has 0 unspecified atom stereocenters. The molecule has 1 aromatic carbocycles. The zero-order valence-electron chi connectivity index (χ0n) is 10.2. The highest BCUT2D eigenvalue weighted by Gasteiger charge is 2.20. The Morgan fingerprint density at radius 1 is 1.26 bits per heavy atom. The number of nitrogens with one attached hydrogen (secondary N) is 1. The summed E-state index contributed by atoms with van der Waals surface area (Å²) in [5, 5.41) is 5.33. The van der Waals surface area contributed by atoms with Gasteiger partial charge in [0.15, 0.2) is 0 Å². The van der Waals surface area contributed by atoms with Crippen molar-refractivity contribution in [1.29, 1.82) is 0 Å². The van der Waals surface area contributed by atoms with Gasteiger partial charge in [-0.05, 0) is 23.6 Å². The second-order valence-electron chi connectivity index (χ2n) is 4.18. The number of halogens is 1. The van der Waals surface area contributed by atoms with Gasteiger partial charge in [0.1, 0.15) is 5.69 Å². The molecule has 0 bridgehead atoms. The normalized spacial score (nSPS) is 10.8. The van der Waals surface area contributed by atoms with Crippen molar-refractivity contribution < 1.29 is 4.79 Å². The van der Waals surface area contributed by atoms with Crippen molar-refractivity contribution in [1.82, 2.24) is 4.57 Å². The summed E-state index contributed by atoms with van der Waals surface area (Å²) in [4.78, 5) is 12.3. The van der Waals surface area contributed by atoms with Crippen molar-refractivity contribution in [3.8, 4) is 0 Å². The first-order chi connectivity index (χ1) is 9.18. The minimum Gasteiger partial charge on any atom is -0.338 e. The van der Waals surface area contributed by atoms with Gasteiger partial charge in [0.05, 0.1) is 15.2 Å². The Morgan fingerprint density at radius 2 is 2.00 bits per heavy atom. The summed E-state index contributed by atoms with van der Waals surface area (Å²) in [7, 11) is 1.85. The number of thiophene rings is 1. The molecular weight excluding hydrogens is 280 g/mol. The van der Waals surface area contributed by atoms with Crippen LogP contribution in [0.15, 0.2) is 41.8 Å². The van der Waals surface area contributed by atoms with Crippen LogP contribution in [0, 0.1) is 0 Å². The number of hydrogen-bond donors (Lipinski definition) is 1. The van der Waals surface area contributed by atoms with Crippen LogP contribution >= 0.6 is 22.9 Å². The number of aryl methyl sites for hydroxylation is 1. The quantitative estimate of drug-likeness (QED) is 0.756. The van der Waals surface area contributed by atoms with E-state index >= 15 is 0 Å². The number of rotatable bonds is 2. The van der Waals surface area contributed by atoms with E-state index in [-0.39, 0.29) is 5.91 Å². The average molecular weight is 291 g/mol. The smallest absolute Gasteiger partial charge is 0.273 e. The van der Waals surface area contributed by atoms with E-state index in [9.17, 15) is 4.79 Å². The largest absolute Gasteiger partial charge is 0.338 e. The van der Waals surface area contributed by atoms with E-state index in [1.165, 1.54) is 11.3 Å². The van der Waals surface area contributed by atoms with Crippen LogP contribution < -0.4 is 5.32 Å². The molecule has 96 valence electrons. The molecule has 0 radical (unpaired) electrons. The first-order valence-corrected chi connectivity index (χ1v) is 7.02. The van der Waals surface area contributed by atoms with Crippen molar-refractivity contribution in [2.45, 2.75) is 0 Å². The molecule has 3 nitrogen and oxygen atoms in total. The molecule has 0 aliphatic carbocycles. The topological polar surface area (TPSA) is 34.0 Å². The second kappa shape index (κ2) is 4.72. The van der Waals surface area contributed by atoms with Crippen molar-refractivity contribution in [3.05, 3.63) is 52.5 Å². The third kappa shape index (κ3) is 2.03. The maximum absolute atomic E-state index is 12.3. The number of carbonyl (C=O) groups is 1. The molecule has 2 aromatic heterocycles. The minimum atomic E-state index is -0.192. The fourth-order valence-electron chi connectivity index (χ4n) is 2.07. The van der Waals surface area contributed by atoms with E-state index < -0.39 is 0 Å². The van der Waals surface area contributed by atoms with E-state index in [1.54, 1.807) is 0 Å². The molecule has 0 aliphatic heterocycles. The number of aromatic nitrogens is 1. The fourth-order valence-corrected chi connectivity index (χ4v) is 3.37. The van der Waals surface area contributed by atoms with Gasteiger partial charge >= 0.3 is 0 Å². The molecule has 1 amide bonds. The zero-order valence-corrected chi connectivity index (χ0v) is 11.8. The van der Waals surface area contributed by atoms with E-state index in [0.717, 1.165) is 15.9 Å². The molecule has 19 heavy (non-hydrogen) atoms. The molecule has 0 fully saturated rings. The Morgan fingerprint density at radius 3 is 2.68 bits per heavy atom. The maximum Gasteiger partial charge on any atom is 0.273 e. The molecule has 2 heterocycles. The van der Waals surface area contributed by atoms with Crippen molar-refractivity contribution in [3.63, 3.8) is 0 Å². The third-order valence-corrected chi connectivity index (χ3v) is 4.40. The van der Waals surface area contributed by atoms with Crippen molar-refractivity contribution >= 4 is 44.7 Å². The number of hydrogen-bond acceptors (Lipinski definition) is 2. The zero-order chi connectivity index (χ0) is 13.4. The van der Waals surface area contributed by atoms with E-state index in [4.69, 9.17) is 11.6 Å². The summed E-state index contributed by atoms with van der Waals surface area (Å²) in [5.74, 6) is -0.192. The lowest BCUT2D eigenvalue weighted by Crippen LogP contribution is -2.16. The monoisotopic (exact) mass is 290 g/mol. The molecule has 0 aliphatic rings. The highest BCUT2D eigenvalue weighted by atomic mass is 35.5. The van der Waals surface area contributed by atoms with Gasteiger partial charge in [-0.1, -0.05) is 29.8 Å². The minimum absolute atomic E-state index is 0.192. The van der Waals surface area contributed by atoms with Gasteiger partial charge in [-0.25, -0.2) is 0 Å². The van der Waals surface area contributed by atoms with Crippen LogP contribution in [0.25, 0.3) is 10.2 Å². The van der Waals surface area contributed by atoms with E-state index in [1.807, 2.05) is 53.4 Å². The summed E-state index contributed by atoms with van der Waals surface area (Å²) in [6, 6.07) is 11.3. The van der Waals surface area contributed by atoms with E-state index in [0.29, 0.717) is 10.7 Å². The Labute approximate surface area is 119 Å². The average Bonchev–Trinajstić information content (AvgIpc) is 2.96. The predicted octanol–water partition coefficient (Wildman–Crippen LogP) is 4.15. The molecule has 5 heteroatoms. The molecule has 3 rings (SSSR count). The molecule has 3 aromatic rings. The Hall–Kier alpha value is -1.78. The summed E-state index contributed by atoms with van der Waals surface area (Å²) in [6.07, 6.45) is 0. The highest BCUT2D eigenvalue weighted by Crippen LogP contribution is 2.34. The lowest BCUT2D eigenvalue weighted by atomic mass is 10.3. The molecular formula is C14H11ClN2OS. The molecule has 0 atom stereocenters. The Balaban J connectivity index is 2.00. The summed E-state index contributed by atoms with van der Waals surface area (Å²) in [6.45, 7) is 0. The van der Waals surface area contributed by atoms with Gasteiger partial charge in [0.25, 0.3) is 5.91 Å². The van der Waals surface area contributed by atoms with Crippen LogP contribution in [-0.2, 0) is 7.05 Å². The van der Waals surface area contributed by atoms with Crippen LogP contribution in [0.3, 0.4) is 0 Å². The van der Waals surface area contributed by atoms with Crippen molar-refractivity contribution in [2.24, 2.45) is 7.05 Å². The van der Waals surface area contributed by atoms with Crippen LogP contribution in [-0.4, -0.2) is 10.5 Å². The highest BCUT2D eigenvalue weighted by molar-refractivity contribution is 7.17. The fraction of sp³-hybridized carbons (Fsp3) is 0.0714. The summed E-state index contributed by atoms with van der Waals surface area (Å²) >= 11 is 7.83. The van der Waals surface area contributed by atoms with Gasteiger partial charge in [0.2, 0.25) is 0 Å². The van der Waals surface area contributed by atoms with Crippen LogP contribution in [0.1, 0.15) is 10.5 Å². The lowest BCUT2D eigenvalue weighted by Gasteiger charge is -2.06. The summed E-state index contributed by atoms with van der Waals surface area (Å²) in [5.41, 5.74) is 2.23.